The summed E-state index contributed by atoms with van der Waals surface area (Å²) >= 11 is 6.41. The van der Waals surface area contributed by atoms with Gasteiger partial charge in [0.1, 0.15) is 18.3 Å². The molecule has 1 unspecified atom stereocenters. The lowest BCUT2D eigenvalue weighted by atomic mass is 10.0. The molecular weight excluding hydrogens is 598 g/mol. The fourth-order valence-electron chi connectivity index (χ4n) is 4.91. The van der Waals surface area contributed by atoms with Gasteiger partial charge >= 0.3 is 0 Å². The average Bonchev–Trinajstić information content (AvgIpc) is 3.02. The Morgan fingerprint density at radius 3 is 2.16 bits per heavy atom. The second-order valence-electron chi connectivity index (χ2n) is 10.3. The van der Waals surface area contributed by atoms with Gasteiger partial charge in [-0.1, -0.05) is 90.0 Å². The minimum atomic E-state index is -4.23. The van der Waals surface area contributed by atoms with Crippen LogP contribution in [0, 0.1) is 6.92 Å². The molecule has 0 saturated heterocycles. The average molecular weight is 634 g/mol. The number of amides is 2. The van der Waals surface area contributed by atoms with Crippen molar-refractivity contribution >= 4 is 39.1 Å². The molecule has 0 aliphatic rings. The number of anilines is 1. The van der Waals surface area contributed by atoms with Crippen molar-refractivity contribution in [1.82, 2.24) is 10.2 Å². The number of likely N-dealkylation sites (N-methyl/N-ethyl adjacent to an activating group) is 1. The largest absolute Gasteiger partial charge is 0.495 e. The van der Waals surface area contributed by atoms with Crippen LogP contribution in [0.1, 0.15) is 23.6 Å². The van der Waals surface area contributed by atoms with E-state index in [2.05, 4.69) is 5.32 Å². The van der Waals surface area contributed by atoms with E-state index in [1.807, 2.05) is 68.4 Å². The first-order valence-electron chi connectivity index (χ1n) is 14.2. The predicted octanol–water partition coefficient (Wildman–Crippen LogP) is 5.63. The van der Waals surface area contributed by atoms with Gasteiger partial charge in [-0.05, 0) is 55.3 Å². The monoisotopic (exact) mass is 633 g/mol. The van der Waals surface area contributed by atoms with E-state index >= 15 is 0 Å². The molecule has 0 bridgehead atoms. The summed E-state index contributed by atoms with van der Waals surface area (Å²) in [5.41, 5.74) is 2.85. The Hall–Kier alpha value is -4.34. The quantitative estimate of drug-likeness (QED) is 0.206. The Morgan fingerprint density at radius 1 is 0.886 bits per heavy atom. The van der Waals surface area contributed by atoms with Crippen molar-refractivity contribution in [3.05, 3.63) is 125 Å². The van der Waals surface area contributed by atoms with E-state index in [1.165, 1.54) is 36.3 Å². The number of nitrogens with one attached hydrogen (secondary N) is 1. The summed E-state index contributed by atoms with van der Waals surface area (Å²) in [5, 5.41) is 3.05. The summed E-state index contributed by atoms with van der Waals surface area (Å²) in [6.45, 7) is 3.65. The van der Waals surface area contributed by atoms with Crippen molar-refractivity contribution in [2.24, 2.45) is 0 Å². The molecule has 0 aromatic heterocycles. The first-order chi connectivity index (χ1) is 21.1. The number of rotatable bonds is 13. The van der Waals surface area contributed by atoms with Crippen molar-refractivity contribution in [3.8, 4) is 5.75 Å². The third-order valence-corrected chi connectivity index (χ3v) is 9.17. The van der Waals surface area contributed by atoms with Crippen LogP contribution < -0.4 is 14.4 Å². The van der Waals surface area contributed by atoms with Crippen molar-refractivity contribution in [1.29, 1.82) is 0 Å². The third kappa shape index (κ3) is 7.98. The molecule has 0 heterocycles. The molecule has 8 nitrogen and oxygen atoms in total. The van der Waals surface area contributed by atoms with E-state index < -0.39 is 28.5 Å². The Balaban J connectivity index is 1.81. The predicted molar refractivity (Wildman–Crippen MR) is 173 cm³/mol. The number of hydrogen-bond acceptors (Lipinski definition) is 5. The molecule has 230 valence electrons. The number of carbonyl (C=O) groups excluding carboxylic acids is 2. The molecule has 2 amide bonds. The summed E-state index contributed by atoms with van der Waals surface area (Å²) in [6, 6.07) is 28.6. The maximum absolute atomic E-state index is 14.4. The number of benzene rings is 4. The lowest BCUT2D eigenvalue weighted by molar-refractivity contribution is -0.140. The maximum Gasteiger partial charge on any atom is 0.264 e. The summed E-state index contributed by atoms with van der Waals surface area (Å²) < 4.78 is 34.4. The smallest absolute Gasteiger partial charge is 0.264 e. The summed E-state index contributed by atoms with van der Waals surface area (Å²) in [7, 11) is -2.77. The summed E-state index contributed by atoms with van der Waals surface area (Å²) in [6.07, 6.45) is 0.240. The molecule has 4 aromatic rings. The number of aryl methyl sites for hydroxylation is 1. The van der Waals surface area contributed by atoms with E-state index in [0.29, 0.717) is 12.3 Å². The molecule has 10 heteroatoms. The standard InChI is InChI=1S/C34H36ClN3O5S/c1-4-36-34(40)31(21-26-13-7-5-8-14-26)37(23-27-15-11-12-25(2)20-27)33(39)24-38(28-18-19-32(43-3)30(35)22-28)44(41,42)29-16-9-6-10-17-29/h5-20,22,31H,4,21,23-24H2,1-3H3,(H,36,40). The lowest BCUT2D eigenvalue weighted by Crippen LogP contribution is -2.53. The molecule has 0 radical (unpaired) electrons. The molecule has 0 aliphatic carbocycles. The van der Waals surface area contributed by atoms with E-state index in [1.54, 1.807) is 24.3 Å². The number of hydrogen-bond donors (Lipinski definition) is 1. The molecular formula is C34H36ClN3O5S. The van der Waals surface area contributed by atoms with Crippen LogP contribution in [-0.2, 0) is 32.6 Å². The van der Waals surface area contributed by atoms with Crippen LogP contribution in [0.2, 0.25) is 5.02 Å². The second kappa shape index (κ2) is 14.9. The van der Waals surface area contributed by atoms with E-state index in [4.69, 9.17) is 16.3 Å². The molecule has 0 saturated carbocycles. The van der Waals surface area contributed by atoms with Gasteiger partial charge < -0.3 is 15.0 Å². The Kier molecular flexibility index (Phi) is 11.0. The highest BCUT2D eigenvalue weighted by molar-refractivity contribution is 7.92. The van der Waals surface area contributed by atoms with Crippen LogP contribution in [0.25, 0.3) is 0 Å². The molecule has 0 fully saturated rings. The number of methoxy groups -OCH3 is 1. The van der Waals surface area contributed by atoms with Gasteiger partial charge in [-0.3, -0.25) is 13.9 Å². The molecule has 0 spiro atoms. The Bertz CT molecular complexity index is 1680. The first kappa shape index (κ1) is 32.6. The van der Waals surface area contributed by atoms with Gasteiger partial charge in [0.2, 0.25) is 11.8 Å². The number of nitrogens with zero attached hydrogens (tertiary/aromatic N) is 2. The van der Waals surface area contributed by atoms with Crippen LogP contribution >= 0.6 is 11.6 Å². The molecule has 44 heavy (non-hydrogen) atoms. The summed E-state index contributed by atoms with van der Waals surface area (Å²) in [5.74, 6) is -0.522. The van der Waals surface area contributed by atoms with Gasteiger partial charge in [0.05, 0.1) is 22.7 Å². The fraction of sp³-hybridized carbons (Fsp3) is 0.235. The maximum atomic E-state index is 14.4. The zero-order valence-electron chi connectivity index (χ0n) is 24.9. The van der Waals surface area contributed by atoms with Crippen LogP contribution in [0.3, 0.4) is 0 Å². The van der Waals surface area contributed by atoms with Crippen LogP contribution in [0.15, 0.2) is 108 Å². The zero-order chi connectivity index (χ0) is 31.7. The lowest BCUT2D eigenvalue weighted by Gasteiger charge is -2.34. The SMILES string of the molecule is CCNC(=O)C(Cc1ccccc1)N(Cc1cccc(C)c1)C(=O)CN(c1ccc(OC)c(Cl)c1)S(=O)(=O)c1ccccc1. The van der Waals surface area contributed by atoms with Crippen LogP contribution in [-0.4, -0.2) is 51.4 Å². The Morgan fingerprint density at radius 2 is 1.55 bits per heavy atom. The minimum absolute atomic E-state index is 0.00883. The van der Waals surface area contributed by atoms with Crippen LogP contribution in [0.5, 0.6) is 5.75 Å². The molecule has 4 rings (SSSR count). The number of sulfonamides is 1. The zero-order valence-corrected chi connectivity index (χ0v) is 26.5. The number of ether oxygens (including phenoxy) is 1. The van der Waals surface area contributed by atoms with E-state index in [9.17, 15) is 18.0 Å². The highest BCUT2D eigenvalue weighted by Gasteiger charge is 2.34. The van der Waals surface area contributed by atoms with Crippen molar-refractivity contribution in [2.45, 2.75) is 37.8 Å². The molecule has 1 N–H and O–H groups in total. The summed E-state index contributed by atoms with van der Waals surface area (Å²) in [4.78, 5) is 29.5. The highest BCUT2D eigenvalue weighted by Crippen LogP contribution is 2.32. The number of halogens is 1. The van der Waals surface area contributed by atoms with Gasteiger partial charge in [-0.25, -0.2) is 8.42 Å². The Labute approximate surface area is 264 Å². The third-order valence-electron chi connectivity index (χ3n) is 7.09. The van der Waals surface area contributed by atoms with E-state index in [-0.39, 0.29) is 34.5 Å². The van der Waals surface area contributed by atoms with Gasteiger partial charge in [-0.15, -0.1) is 0 Å². The molecule has 1 atom stereocenters. The van der Waals surface area contributed by atoms with Gasteiger partial charge in [0.15, 0.2) is 0 Å². The minimum Gasteiger partial charge on any atom is -0.495 e. The number of carbonyl (C=O) groups is 2. The van der Waals surface area contributed by atoms with Crippen LogP contribution in [0.4, 0.5) is 5.69 Å². The van der Waals surface area contributed by atoms with Crippen molar-refractivity contribution in [3.63, 3.8) is 0 Å². The van der Waals surface area contributed by atoms with Gasteiger partial charge in [0, 0.05) is 19.5 Å². The topological polar surface area (TPSA) is 96.0 Å². The first-order valence-corrected chi connectivity index (χ1v) is 16.0. The van der Waals surface area contributed by atoms with E-state index in [0.717, 1.165) is 21.0 Å². The molecule has 4 aromatic carbocycles. The highest BCUT2D eigenvalue weighted by atomic mass is 35.5. The van der Waals surface area contributed by atoms with Crippen molar-refractivity contribution < 1.29 is 22.7 Å². The van der Waals surface area contributed by atoms with Crippen molar-refractivity contribution in [2.75, 3.05) is 24.5 Å². The van der Waals surface area contributed by atoms with Gasteiger partial charge in [0.25, 0.3) is 10.0 Å². The normalized spacial score (nSPS) is 11.8. The fourth-order valence-corrected chi connectivity index (χ4v) is 6.59. The second-order valence-corrected chi connectivity index (χ2v) is 12.5. The van der Waals surface area contributed by atoms with Gasteiger partial charge in [-0.2, -0.15) is 0 Å². The molecule has 0 aliphatic heterocycles.